The molecular weight excluding hydrogens is 256 g/mol. The Kier molecular flexibility index (Phi) is 3.55. The van der Waals surface area contributed by atoms with Crippen LogP contribution in [0.15, 0.2) is 11.4 Å². The Balaban J connectivity index is 2.01. The van der Waals surface area contributed by atoms with Crippen LogP contribution in [-0.2, 0) is 0 Å². The summed E-state index contributed by atoms with van der Waals surface area (Å²) in [5.41, 5.74) is 0. The van der Waals surface area contributed by atoms with E-state index in [-0.39, 0.29) is 0 Å². The molecule has 0 aromatic carbocycles. The first-order chi connectivity index (χ1) is 9.33. The maximum Gasteiger partial charge on any atom is 0.226 e. The lowest BCUT2D eigenvalue weighted by Crippen LogP contribution is -2.26. The van der Waals surface area contributed by atoms with E-state index in [0.29, 0.717) is 6.04 Å². The van der Waals surface area contributed by atoms with Crippen molar-refractivity contribution in [3.8, 4) is 0 Å². The first-order valence-electron chi connectivity index (χ1n) is 7.09. The Morgan fingerprint density at radius 2 is 2.21 bits per heavy atom. The number of aromatic nitrogens is 2. The van der Waals surface area contributed by atoms with E-state index < -0.39 is 0 Å². The minimum atomic E-state index is 0.682. The molecule has 2 heterocycles. The number of nitrogens with one attached hydrogen (secondary N) is 1. The Morgan fingerprint density at radius 3 is 2.89 bits per heavy atom. The predicted molar refractivity (Wildman–Crippen MR) is 82.2 cm³/mol. The van der Waals surface area contributed by atoms with E-state index in [2.05, 4.69) is 40.5 Å². The minimum absolute atomic E-state index is 0.682. The fraction of sp³-hybridized carbons (Fsp3) is 0.571. The summed E-state index contributed by atoms with van der Waals surface area (Å²) < 4.78 is 0. The maximum absolute atomic E-state index is 4.75. The van der Waals surface area contributed by atoms with E-state index in [1.54, 1.807) is 11.3 Å². The number of hydrogen-bond acceptors (Lipinski definition) is 5. The van der Waals surface area contributed by atoms with Crippen LogP contribution in [0.25, 0.3) is 10.2 Å². The summed E-state index contributed by atoms with van der Waals surface area (Å²) in [6.07, 6.45) is 3.67. The summed E-state index contributed by atoms with van der Waals surface area (Å²) in [6, 6.07) is 2.83. The molecule has 0 aliphatic heterocycles. The Bertz CT molecular complexity index is 562. The molecule has 0 spiro atoms. The summed E-state index contributed by atoms with van der Waals surface area (Å²) in [6.45, 7) is 6.30. The van der Waals surface area contributed by atoms with Crippen LogP contribution in [0.2, 0.25) is 0 Å². The number of rotatable bonds is 6. The zero-order valence-corrected chi connectivity index (χ0v) is 12.3. The lowest BCUT2D eigenvalue weighted by Gasteiger charge is -2.22. The van der Waals surface area contributed by atoms with Crippen molar-refractivity contribution in [2.75, 3.05) is 23.3 Å². The van der Waals surface area contributed by atoms with Crippen LogP contribution in [0.5, 0.6) is 0 Å². The van der Waals surface area contributed by atoms with Gasteiger partial charge in [-0.2, -0.15) is 4.98 Å². The first kappa shape index (κ1) is 12.7. The molecule has 0 atom stereocenters. The first-order valence-corrected chi connectivity index (χ1v) is 7.97. The van der Waals surface area contributed by atoms with Crippen LogP contribution in [-0.4, -0.2) is 29.1 Å². The number of nitrogens with zero attached hydrogens (tertiary/aromatic N) is 3. The fourth-order valence-corrected chi connectivity index (χ4v) is 3.10. The number of thiophene rings is 1. The lowest BCUT2D eigenvalue weighted by molar-refractivity contribution is 0.811. The summed E-state index contributed by atoms with van der Waals surface area (Å²) in [7, 11) is 0. The molecule has 2 aromatic heterocycles. The van der Waals surface area contributed by atoms with Gasteiger partial charge in [-0.25, -0.2) is 4.98 Å². The van der Waals surface area contributed by atoms with Crippen molar-refractivity contribution in [1.82, 2.24) is 9.97 Å². The van der Waals surface area contributed by atoms with Crippen LogP contribution in [0.1, 0.15) is 33.1 Å². The topological polar surface area (TPSA) is 41.1 Å². The van der Waals surface area contributed by atoms with Crippen molar-refractivity contribution in [2.24, 2.45) is 0 Å². The maximum atomic E-state index is 4.75. The van der Waals surface area contributed by atoms with Gasteiger partial charge >= 0.3 is 0 Å². The van der Waals surface area contributed by atoms with Crippen LogP contribution in [0.4, 0.5) is 11.8 Å². The van der Waals surface area contributed by atoms with Gasteiger partial charge in [0.05, 0.1) is 5.39 Å². The summed E-state index contributed by atoms with van der Waals surface area (Å²) >= 11 is 1.69. The normalized spacial score (nSPS) is 14.8. The van der Waals surface area contributed by atoms with E-state index in [9.17, 15) is 0 Å². The Hall–Kier alpha value is -1.36. The molecule has 3 rings (SSSR count). The van der Waals surface area contributed by atoms with Gasteiger partial charge in [-0.1, -0.05) is 6.92 Å². The van der Waals surface area contributed by atoms with E-state index in [1.807, 2.05) is 0 Å². The Labute approximate surface area is 117 Å². The largest absolute Gasteiger partial charge is 0.354 e. The smallest absolute Gasteiger partial charge is 0.226 e. The van der Waals surface area contributed by atoms with Gasteiger partial charge in [-0.05, 0) is 37.6 Å². The van der Waals surface area contributed by atoms with E-state index in [4.69, 9.17) is 4.98 Å². The van der Waals surface area contributed by atoms with Gasteiger partial charge in [-0.15, -0.1) is 11.3 Å². The molecule has 2 aromatic rings. The summed E-state index contributed by atoms with van der Waals surface area (Å²) in [5.74, 6) is 1.88. The van der Waals surface area contributed by atoms with Crippen molar-refractivity contribution >= 4 is 33.3 Å². The molecule has 0 radical (unpaired) electrons. The lowest BCUT2D eigenvalue weighted by atomic mass is 10.3. The van der Waals surface area contributed by atoms with Gasteiger partial charge < -0.3 is 10.2 Å². The van der Waals surface area contributed by atoms with Gasteiger partial charge in [0.25, 0.3) is 0 Å². The SMILES string of the molecule is CCCNc1nc(N(CC)C2CC2)c2ccsc2n1. The molecule has 5 heteroatoms. The quantitative estimate of drug-likeness (QED) is 0.876. The molecule has 0 amide bonds. The monoisotopic (exact) mass is 276 g/mol. The van der Waals surface area contributed by atoms with Gasteiger partial charge in [0.15, 0.2) is 0 Å². The third-order valence-electron chi connectivity index (χ3n) is 3.44. The summed E-state index contributed by atoms with van der Waals surface area (Å²) in [5, 5.41) is 6.61. The minimum Gasteiger partial charge on any atom is -0.354 e. The molecule has 102 valence electrons. The molecule has 1 aliphatic rings. The highest BCUT2D eigenvalue weighted by Crippen LogP contribution is 2.35. The standard InChI is InChI=1S/C14H20N4S/c1-3-8-15-14-16-12(18(4-2)10-5-6-10)11-7-9-19-13(11)17-14/h7,9-10H,3-6,8H2,1-2H3,(H,15,16,17). The van der Waals surface area contributed by atoms with Crippen LogP contribution >= 0.6 is 11.3 Å². The van der Waals surface area contributed by atoms with Crippen molar-refractivity contribution in [2.45, 2.75) is 39.2 Å². The second kappa shape index (κ2) is 5.33. The number of fused-ring (bicyclic) bond motifs is 1. The van der Waals surface area contributed by atoms with E-state index in [1.165, 1.54) is 18.2 Å². The molecule has 0 bridgehead atoms. The molecule has 4 nitrogen and oxygen atoms in total. The zero-order valence-electron chi connectivity index (χ0n) is 11.5. The fourth-order valence-electron chi connectivity index (χ4n) is 2.34. The average Bonchev–Trinajstić information content (AvgIpc) is 3.14. The number of hydrogen-bond donors (Lipinski definition) is 1. The highest BCUT2D eigenvalue weighted by atomic mass is 32.1. The third kappa shape index (κ3) is 2.52. The second-order valence-electron chi connectivity index (χ2n) is 4.95. The molecule has 19 heavy (non-hydrogen) atoms. The van der Waals surface area contributed by atoms with Crippen molar-refractivity contribution in [1.29, 1.82) is 0 Å². The average molecular weight is 276 g/mol. The van der Waals surface area contributed by atoms with Gasteiger partial charge in [0.1, 0.15) is 10.6 Å². The zero-order chi connectivity index (χ0) is 13.2. The van der Waals surface area contributed by atoms with Gasteiger partial charge in [0, 0.05) is 19.1 Å². The molecule has 0 unspecified atom stereocenters. The molecule has 0 saturated heterocycles. The van der Waals surface area contributed by atoms with Crippen LogP contribution < -0.4 is 10.2 Å². The van der Waals surface area contributed by atoms with E-state index >= 15 is 0 Å². The van der Waals surface area contributed by atoms with Crippen LogP contribution in [0.3, 0.4) is 0 Å². The number of anilines is 2. The second-order valence-corrected chi connectivity index (χ2v) is 5.85. The van der Waals surface area contributed by atoms with Crippen molar-refractivity contribution in [3.05, 3.63) is 11.4 Å². The molecular formula is C14H20N4S. The summed E-state index contributed by atoms with van der Waals surface area (Å²) in [4.78, 5) is 12.9. The van der Waals surface area contributed by atoms with Gasteiger partial charge in [-0.3, -0.25) is 0 Å². The van der Waals surface area contributed by atoms with Crippen molar-refractivity contribution < 1.29 is 0 Å². The molecule has 1 N–H and O–H groups in total. The van der Waals surface area contributed by atoms with Crippen LogP contribution in [0, 0.1) is 0 Å². The highest BCUT2D eigenvalue weighted by molar-refractivity contribution is 7.16. The van der Waals surface area contributed by atoms with Crippen molar-refractivity contribution in [3.63, 3.8) is 0 Å². The van der Waals surface area contributed by atoms with Gasteiger partial charge in [0.2, 0.25) is 5.95 Å². The highest BCUT2D eigenvalue weighted by Gasteiger charge is 2.30. The third-order valence-corrected chi connectivity index (χ3v) is 4.25. The molecule has 1 fully saturated rings. The Morgan fingerprint density at radius 1 is 1.37 bits per heavy atom. The molecule has 1 aliphatic carbocycles. The molecule has 1 saturated carbocycles. The predicted octanol–water partition coefficient (Wildman–Crippen LogP) is 3.50. The van der Waals surface area contributed by atoms with E-state index in [0.717, 1.165) is 36.1 Å².